The molecular weight excluding hydrogens is 402 g/mol. The molecule has 1 aromatic heterocycles. The average Bonchev–Trinajstić information content (AvgIpc) is 3.04. The molecule has 1 saturated carbocycles. The molecular formula is C26H33N3O3. The summed E-state index contributed by atoms with van der Waals surface area (Å²) >= 11 is 0. The predicted octanol–water partition coefficient (Wildman–Crippen LogP) is 4.58. The van der Waals surface area contributed by atoms with E-state index in [1.807, 2.05) is 27.7 Å². The number of amides is 1. The van der Waals surface area contributed by atoms with Gasteiger partial charge in [0.1, 0.15) is 11.3 Å². The van der Waals surface area contributed by atoms with Crippen molar-refractivity contribution in [1.82, 2.24) is 9.97 Å². The number of aromatic nitrogens is 2. The van der Waals surface area contributed by atoms with E-state index in [4.69, 9.17) is 10.5 Å². The minimum atomic E-state index is -0.557. The number of aryl methyl sites for hydroxylation is 3. The summed E-state index contributed by atoms with van der Waals surface area (Å²) in [5.41, 5.74) is 11.2. The van der Waals surface area contributed by atoms with E-state index >= 15 is 0 Å². The quantitative estimate of drug-likeness (QED) is 0.712. The van der Waals surface area contributed by atoms with Gasteiger partial charge in [0.25, 0.3) is 5.91 Å². The van der Waals surface area contributed by atoms with Crippen molar-refractivity contribution in [3.8, 4) is 11.3 Å². The molecule has 1 fully saturated rings. The van der Waals surface area contributed by atoms with Crippen LogP contribution in [0.15, 0.2) is 18.2 Å². The van der Waals surface area contributed by atoms with Gasteiger partial charge in [-0.25, -0.2) is 4.98 Å². The number of rotatable bonds is 3. The predicted molar refractivity (Wildman–Crippen MR) is 123 cm³/mol. The van der Waals surface area contributed by atoms with Crippen molar-refractivity contribution in [2.45, 2.75) is 84.2 Å². The Morgan fingerprint density at radius 2 is 1.75 bits per heavy atom. The zero-order valence-electron chi connectivity index (χ0n) is 19.7. The van der Waals surface area contributed by atoms with Crippen LogP contribution in [0.5, 0.6) is 0 Å². The Morgan fingerprint density at radius 1 is 1.06 bits per heavy atom. The Hall–Kier alpha value is -2.76. The molecule has 0 radical (unpaired) electrons. The Balaban J connectivity index is 1.56. The lowest BCUT2D eigenvalue weighted by molar-refractivity contribution is -0.161. The fourth-order valence-electron chi connectivity index (χ4n) is 5.42. The lowest BCUT2D eigenvalue weighted by Gasteiger charge is -2.38. The summed E-state index contributed by atoms with van der Waals surface area (Å²) in [6, 6.07) is 6.50. The van der Waals surface area contributed by atoms with Crippen LogP contribution < -0.4 is 5.73 Å². The number of fused-ring (bicyclic) bond motifs is 2. The third kappa shape index (κ3) is 4.15. The SMILES string of the molecule is Cc1nc(C)c(-c2ccc3c(c2)CC[C@]32CC[C@H](C(=O)OC(C)(C)C)CC2)nc1C(N)=O. The van der Waals surface area contributed by atoms with Crippen LogP contribution in [0.2, 0.25) is 0 Å². The maximum atomic E-state index is 12.5. The molecule has 6 nitrogen and oxygen atoms in total. The molecule has 32 heavy (non-hydrogen) atoms. The van der Waals surface area contributed by atoms with Gasteiger partial charge in [0.2, 0.25) is 0 Å². The summed E-state index contributed by atoms with van der Waals surface area (Å²) in [6.45, 7) is 9.43. The Morgan fingerprint density at radius 3 is 2.38 bits per heavy atom. The minimum absolute atomic E-state index is 0.000811. The molecule has 0 bridgehead atoms. The molecule has 1 aromatic carbocycles. The van der Waals surface area contributed by atoms with Crippen LogP contribution >= 0.6 is 0 Å². The number of nitrogens with zero attached hydrogens (tertiary/aromatic N) is 2. The Labute approximate surface area is 190 Å². The number of esters is 1. The monoisotopic (exact) mass is 435 g/mol. The number of carbonyl (C=O) groups excluding carboxylic acids is 2. The molecule has 170 valence electrons. The Kier molecular flexibility index (Phi) is 5.60. The first-order valence-electron chi connectivity index (χ1n) is 11.5. The van der Waals surface area contributed by atoms with Gasteiger partial charge in [0, 0.05) is 5.56 Å². The lowest BCUT2D eigenvalue weighted by Crippen LogP contribution is -2.35. The lowest BCUT2D eigenvalue weighted by atomic mass is 9.67. The first-order valence-corrected chi connectivity index (χ1v) is 11.5. The highest BCUT2D eigenvalue weighted by Crippen LogP contribution is 2.50. The fraction of sp³-hybridized carbons (Fsp3) is 0.538. The van der Waals surface area contributed by atoms with Gasteiger partial charge in [-0.3, -0.25) is 14.6 Å². The molecule has 2 aliphatic carbocycles. The smallest absolute Gasteiger partial charge is 0.309 e. The molecule has 4 rings (SSSR count). The number of ether oxygens (including phenoxy) is 1. The van der Waals surface area contributed by atoms with E-state index in [1.165, 1.54) is 11.1 Å². The van der Waals surface area contributed by atoms with Crippen molar-refractivity contribution in [2.24, 2.45) is 11.7 Å². The highest BCUT2D eigenvalue weighted by atomic mass is 16.6. The van der Waals surface area contributed by atoms with Crippen molar-refractivity contribution in [3.05, 3.63) is 46.4 Å². The van der Waals surface area contributed by atoms with E-state index in [1.54, 1.807) is 6.92 Å². The topological polar surface area (TPSA) is 95.2 Å². The van der Waals surface area contributed by atoms with Crippen LogP contribution in [0.4, 0.5) is 0 Å². The molecule has 1 heterocycles. The van der Waals surface area contributed by atoms with E-state index in [9.17, 15) is 9.59 Å². The number of primary amides is 1. The third-order valence-corrected chi connectivity index (χ3v) is 6.98. The molecule has 2 N–H and O–H groups in total. The standard InChI is InChI=1S/C26H33N3O3/c1-15-21(29-22(23(27)30)16(2)28-15)19-6-7-20-18(14-19)10-13-26(20)11-8-17(9-12-26)24(31)32-25(3,4)5/h6-7,14,17H,8-13H2,1-5H3,(H2,27,30)/t17-,26+. The number of hydrogen-bond donors (Lipinski definition) is 1. The molecule has 1 amide bonds. The van der Waals surface area contributed by atoms with Crippen LogP contribution in [-0.4, -0.2) is 27.4 Å². The van der Waals surface area contributed by atoms with E-state index in [0.717, 1.165) is 49.8 Å². The summed E-state index contributed by atoms with van der Waals surface area (Å²) in [7, 11) is 0. The van der Waals surface area contributed by atoms with E-state index in [0.29, 0.717) is 11.4 Å². The molecule has 0 aliphatic heterocycles. The second-order valence-corrected chi connectivity index (χ2v) is 10.4. The zero-order valence-corrected chi connectivity index (χ0v) is 19.7. The number of nitrogens with two attached hydrogens (primary N) is 1. The van der Waals surface area contributed by atoms with Gasteiger partial charge in [0.15, 0.2) is 0 Å². The van der Waals surface area contributed by atoms with Crippen LogP contribution in [0.1, 0.15) is 85.9 Å². The molecule has 0 saturated heterocycles. The second kappa shape index (κ2) is 7.98. The van der Waals surface area contributed by atoms with Crippen LogP contribution in [0.3, 0.4) is 0 Å². The largest absolute Gasteiger partial charge is 0.460 e. The number of carbonyl (C=O) groups is 2. The number of hydrogen-bond acceptors (Lipinski definition) is 5. The maximum absolute atomic E-state index is 12.5. The van der Waals surface area contributed by atoms with Crippen molar-refractivity contribution >= 4 is 11.9 Å². The van der Waals surface area contributed by atoms with Gasteiger partial charge in [0.05, 0.1) is 23.0 Å². The fourth-order valence-corrected chi connectivity index (χ4v) is 5.42. The number of benzene rings is 1. The molecule has 6 heteroatoms. The summed E-state index contributed by atoms with van der Waals surface area (Å²) in [5.74, 6) is -0.612. The summed E-state index contributed by atoms with van der Waals surface area (Å²) in [6.07, 6.45) is 5.90. The van der Waals surface area contributed by atoms with Gasteiger partial charge in [-0.2, -0.15) is 0 Å². The van der Waals surface area contributed by atoms with Gasteiger partial charge < -0.3 is 10.5 Å². The maximum Gasteiger partial charge on any atom is 0.309 e. The van der Waals surface area contributed by atoms with E-state index in [2.05, 4.69) is 28.2 Å². The summed E-state index contributed by atoms with van der Waals surface area (Å²) in [4.78, 5) is 33.3. The first-order chi connectivity index (χ1) is 15.0. The van der Waals surface area contributed by atoms with Gasteiger partial charge >= 0.3 is 5.97 Å². The minimum Gasteiger partial charge on any atom is -0.460 e. The average molecular weight is 436 g/mol. The highest BCUT2D eigenvalue weighted by Gasteiger charge is 2.43. The van der Waals surface area contributed by atoms with E-state index < -0.39 is 11.5 Å². The van der Waals surface area contributed by atoms with Crippen molar-refractivity contribution in [1.29, 1.82) is 0 Å². The van der Waals surface area contributed by atoms with Crippen molar-refractivity contribution in [3.63, 3.8) is 0 Å². The zero-order chi connectivity index (χ0) is 23.3. The van der Waals surface area contributed by atoms with Crippen molar-refractivity contribution in [2.75, 3.05) is 0 Å². The van der Waals surface area contributed by atoms with E-state index in [-0.39, 0.29) is 23.0 Å². The molecule has 0 atom stereocenters. The molecule has 2 aliphatic rings. The van der Waals surface area contributed by atoms with Gasteiger partial charge in [-0.1, -0.05) is 12.1 Å². The van der Waals surface area contributed by atoms with Crippen LogP contribution in [0.25, 0.3) is 11.3 Å². The molecule has 0 unspecified atom stereocenters. The van der Waals surface area contributed by atoms with Crippen LogP contribution in [0, 0.1) is 19.8 Å². The van der Waals surface area contributed by atoms with Gasteiger partial charge in [-0.15, -0.1) is 0 Å². The third-order valence-electron chi connectivity index (χ3n) is 6.98. The second-order valence-electron chi connectivity index (χ2n) is 10.4. The van der Waals surface area contributed by atoms with Gasteiger partial charge in [-0.05, 0) is 95.8 Å². The summed E-state index contributed by atoms with van der Waals surface area (Å²) in [5, 5.41) is 0. The Bertz CT molecular complexity index is 1080. The normalized spacial score (nSPS) is 22.6. The molecule has 1 spiro atoms. The highest BCUT2D eigenvalue weighted by molar-refractivity contribution is 5.92. The van der Waals surface area contributed by atoms with Crippen LogP contribution in [-0.2, 0) is 21.4 Å². The van der Waals surface area contributed by atoms with Crippen molar-refractivity contribution < 1.29 is 14.3 Å². The summed E-state index contributed by atoms with van der Waals surface area (Å²) < 4.78 is 5.62. The first kappa shape index (κ1) is 22.4. The molecule has 2 aromatic rings.